The molecule has 0 bridgehead atoms. The molecule has 1 aromatic rings. The van der Waals surface area contributed by atoms with Crippen molar-refractivity contribution < 1.29 is 14.6 Å². The third-order valence-corrected chi connectivity index (χ3v) is 2.88. The van der Waals surface area contributed by atoms with E-state index in [4.69, 9.17) is 21.3 Å². The molecule has 0 atom stereocenters. The summed E-state index contributed by atoms with van der Waals surface area (Å²) in [4.78, 5) is 24.4. The maximum absolute atomic E-state index is 11.1. The zero-order chi connectivity index (χ0) is 13.9. The topological polar surface area (TPSA) is 74.5 Å². The van der Waals surface area contributed by atoms with Gasteiger partial charge in [-0.05, 0) is 18.7 Å². The van der Waals surface area contributed by atoms with Crippen molar-refractivity contribution in [3.63, 3.8) is 0 Å². The molecule has 1 heterocycles. The Balaban J connectivity index is 3.60. The van der Waals surface area contributed by atoms with Crippen LogP contribution in [0.5, 0.6) is 0 Å². The van der Waals surface area contributed by atoms with E-state index >= 15 is 0 Å². The molecular formula is C10H15ClN3O4+. The van der Waals surface area contributed by atoms with Gasteiger partial charge in [-0.15, -0.1) is 0 Å². The Morgan fingerprint density at radius 2 is 2.06 bits per heavy atom. The molecule has 0 aromatic carbocycles. The van der Waals surface area contributed by atoms with Gasteiger partial charge < -0.3 is 0 Å². The quantitative estimate of drug-likeness (QED) is 0.357. The highest BCUT2D eigenvalue weighted by Crippen LogP contribution is 2.38. The molecule has 0 radical (unpaired) electrons. The minimum atomic E-state index is -0.592. The molecule has 100 valence electrons. The van der Waals surface area contributed by atoms with E-state index in [1.54, 1.807) is 13.8 Å². The molecule has 0 aliphatic carbocycles. The number of halogens is 1. The fourth-order valence-electron chi connectivity index (χ4n) is 1.74. The molecule has 0 unspecified atom stereocenters. The van der Waals surface area contributed by atoms with Crippen LogP contribution in [0.2, 0.25) is 5.15 Å². The average Bonchev–Trinajstić information content (AvgIpc) is 2.30. The Labute approximate surface area is 110 Å². The summed E-state index contributed by atoms with van der Waals surface area (Å²) in [6.07, 6.45) is 0. The number of nitrogens with zero attached hydrogens (tertiary/aromatic N) is 3. The van der Waals surface area contributed by atoms with Gasteiger partial charge in [-0.25, -0.2) is 4.98 Å². The predicted octanol–water partition coefficient (Wildman–Crippen LogP) is 2.40. The van der Waals surface area contributed by atoms with Crippen molar-refractivity contribution in [3.8, 4) is 0 Å². The number of hydrogen-bond acceptors (Lipinski definition) is 5. The van der Waals surface area contributed by atoms with Crippen LogP contribution in [-0.4, -0.2) is 30.7 Å². The van der Waals surface area contributed by atoms with Crippen LogP contribution >= 0.6 is 11.6 Å². The maximum atomic E-state index is 11.1. The predicted molar refractivity (Wildman–Crippen MR) is 67.0 cm³/mol. The minimum Gasteiger partial charge on any atom is -0.258 e. The number of hydroxylamine groups is 2. The number of rotatable bonds is 5. The largest absolute Gasteiger partial charge is 0.372 e. The fourth-order valence-corrected chi connectivity index (χ4v) is 2.04. The Morgan fingerprint density at radius 1 is 1.50 bits per heavy atom. The summed E-state index contributed by atoms with van der Waals surface area (Å²) in [7, 11) is 2.81. The highest BCUT2D eigenvalue weighted by Gasteiger charge is 2.41. The molecule has 0 aliphatic rings. The van der Waals surface area contributed by atoms with Crippen LogP contribution in [0.3, 0.4) is 0 Å². The number of aromatic nitrogens is 1. The zero-order valence-corrected chi connectivity index (χ0v) is 11.4. The van der Waals surface area contributed by atoms with Gasteiger partial charge in [0.1, 0.15) is 20.8 Å². The molecule has 0 amide bonds. The number of quaternary nitrogens is 1. The summed E-state index contributed by atoms with van der Waals surface area (Å²) in [5.74, 6) is 0. The summed E-state index contributed by atoms with van der Waals surface area (Å²) in [6, 6.07) is 1.53. The third kappa shape index (κ3) is 2.44. The van der Waals surface area contributed by atoms with Crippen molar-refractivity contribution in [1.82, 2.24) is 9.79 Å². The van der Waals surface area contributed by atoms with E-state index in [2.05, 4.69) is 4.98 Å². The first-order chi connectivity index (χ1) is 8.41. The molecule has 0 fully saturated rings. The SMILES string of the molecule is CC[N+](OC)(OC)c1cc(C)nc(Cl)c1[N+](=O)[O-]. The van der Waals surface area contributed by atoms with E-state index < -0.39 is 9.73 Å². The van der Waals surface area contributed by atoms with Gasteiger partial charge in [0.15, 0.2) is 0 Å². The standard InChI is InChI=1S/C10H15ClN3O4/c1-5-14(17-3,18-4)8-6-7(2)12-10(11)9(8)13(15)16/h6H,5H2,1-4H3/q+1. The lowest BCUT2D eigenvalue weighted by molar-refractivity contribution is -0.392. The van der Waals surface area contributed by atoms with E-state index in [-0.39, 0.29) is 16.5 Å². The lowest BCUT2D eigenvalue weighted by Crippen LogP contribution is -2.47. The van der Waals surface area contributed by atoms with E-state index in [0.29, 0.717) is 12.2 Å². The number of pyridine rings is 1. The molecule has 0 saturated heterocycles. The van der Waals surface area contributed by atoms with Crippen LogP contribution in [-0.2, 0) is 9.68 Å². The zero-order valence-electron chi connectivity index (χ0n) is 10.6. The van der Waals surface area contributed by atoms with E-state index in [1.807, 2.05) is 0 Å². The molecule has 0 spiro atoms. The smallest absolute Gasteiger partial charge is 0.258 e. The Bertz CT molecular complexity index is 454. The monoisotopic (exact) mass is 276 g/mol. The lowest BCUT2D eigenvalue weighted by Gasteiger charge is -2.27. The second-order valence-electron chi connectivity index (χ2n) is 3.53. The van der Waals surface area contributed by atoms with Gasteiger partial charge in [-0.2, -0.15) is 9.68 Å². The molecule has 1 aromatic heterocycles. The molecule has 8 heteroatoms. The normalized spacial score (nSPS) is 11.6. The highest BCUT2D eigenvalue weighted by molar-refractivity contribution is 6.32. The lowest BCUT2D eigenvalue weighted by atomic mass is 10.3. The van der Waals surface area contributed by atoms with Gasteiger partial charge in [0, 0.05) is 11.8 Å². The van der Waals surface area contributed by atoms with Gasteiger partial charge in [0.05, 0.1) is 4.92 Å². The molecule has 0 aliphatic heterocycles. The molecular weight excluding hydrogens is 262 g/mol. The summed E-state index contributed by atoms with van der Waals surface area (Å²) >= 11 is 5.83. The molecule has 18 heavy (non-hydrogen) atoms. The van der Waals surface area contributed by atoms with E-state index in [9.17, 15) is 10.1 Å². The Morgan fingerprint density at radius 3 is 2.44 bits per heavy atom. The van der Waals surface area contributed by atoms with Crippen molar-refractivity contribution in [2.75, 3.05) is 20.8 Å². The van der Waals surface area contributed by atoms with Crippen LogP contribution < -0.4 is 4.81 Å². The Kier molecular flexibility index (Phi) is 4.58. The van der Waals surface area contributed by atoms with Gasteiger partial charge in [-0.3, -0.25) is 10.1 Å². The third-order valence-electron chi connectivity index (χ3n) is 2.61. The highest BCUT2D eigenvalue weighted by atomic mass is 35.5. The van der Waals surface area contributed by atoms with Crippen molar-refractivity contribution >= 4 is 23.0 Å². The second kappa shape index (κ2) is 5.57. The fraction of sp³-hybridized carbons (Fsp3) is 0.500. The van der Waals surface area contributed by atoms with Gasteiger partial charge in [0.2, 0.25) is 5.15 Å². The first-order valence-corrected chi connectivity index (χ1v) is 5.61. The average molecular weight is 277 g/mol. The summed E-state index contributed by atoms with van der Waals surface area (Å²) < 4.78 is 0. The van der Waals surface area contributed by atoms with Crippen molar-refractivity contribution in [2.45, 2.75) is 13.8 Å². The maximum Gasteiger partial charge on any atom is 0.372 e. The van der Waals surface area contributed by atoms with Crippen LogP contribution in [0.1, 0.15) is 12.6 Å². The van der Waals surface area contributed by atoms with Gasteiger partial charge >= 0.3 is 5.69 Å². The van der Waals surface area contributed by atoms with Crippen molar-refractivity contribution in [2.24, 2.45) is 0 Å². The van der Waals surface area contributed by atoms with E-state index in [1.165, 1.54) is 20.3 Å². The molecule has 7 nitrogen and oxygen atoms in total. The first kappa shape index (κ1) is 14.8. The van der Waals surface area contributed by atoms with Crippen LogP contribution in [0.4, 0.5) is 11.4 Å². The molecule has 0 saturated carbocycles. The summed E-state index contributed by atoms with van der Waals surface area (Å²) in [5, 5.41) is 10.9. The summed E-state index contributed by atoms with van der Waals surface area (Å²) in [5.41, 5.74) is 0.448. The van der Waals surface area contributed by atoms with Crippen LogP contribution in [0.25, 0.3) is 0 Å². The van der Waals surface area contributed by atoms with Crippen molar-refractivity contribution in [1.29, 1.82) is 0 Å². The van der Waals surface area contributed by atoms with Gasteiger partial charge in [0.25, 0.3) is 5.69 Å². The van der Waals surface area contributed by atoms with Gasteiger partial charge in [-0.1, -0.05) is 11.6 Å². The second-order valence-corrected chi connectivity index (χ2v) is 3.89. The molecule has 0 N–H and O–H groups in total. The van der Waals surface area contributed by atoms with E-state index in [0.717, 1.165) is 0 Å². The van der Waals surface area contributed by atoms with Crippen LogP contribution in [0, 0.1) is 17.0 Å². The minimum absolute atomic E-state index is 0.181. The number of aryl methyl sites for hydroxylation is 1. The number of hydrogen-bond donors (Lipinski definition) is 0. The number of nitro groups is 1. The molecule has 1 rings (SSSR count). The Hall–Kier alpha value is -1.28. The first-order valence-electron chi connectivity index (χ1n) is 5.23. The van der Waals surface area contributed by atoms with Crippen molar-refractivity contribution in [3.05, 3.63) is 27.0 Å². The summed E-state index contributed by atoms with van der Waals surface area (Å²) in [6.45, 7) is 3.81. The van der Waals surface area contributed by atoms with Crippen LogP contribution in [0.15, 0.2) is 6.07 Å².